The van der Waals surface area contributed by atoms with Gasteiger partial charge in [-0.3, -0.25) is 0 Å². The van der Waals surface area contributed by atoms with E-state index < -0.39 is 0 Å². The maximum Gasteiger partial charge on any atom is 0.157 e. The van der Waals surface area contributed by atoms with Gasteiger partial charge in [-0.2, -0.15) is 0 Å². The number of aromatic amines is 1. The summed E-state index contributed by atoms with van der Waals surface area (Å²) in [5, 5.41) is 9.33. The second kappa shape index (κ2) is 3.79. The van der Waals surface area contributed by atoms with Crippen LogP contribution >= 0.6 is 0 Å². The molecule has 0 amide bonds. The van der Waals surface area contributed by atoms with Gasteiger partial charge in [-0.15, -0.1) is 0 Å². The van der Waals surface area contributed by atoms with E-state index in [1.54, 1.807) is 6.20 Å². The predicted molar refractivity (Wildman–Crippen MR) is 68.0 cm³/mol. The summed E-state index contributed by atoms with van der Waals surface area (Å²) in [6.07, 6.45) is 7.14. The molecule has 2 bridgehead atoms. The Morgan fingerprint density at radius 3 is 3.00 bits per heavy atom. The molecular formula is C14H17N3O. The molecule has 3 atom stereocenters. The number of aliphatic hydroxyl groups excluding tert-OH is 1. The van der Waals surface area contributed by atoms with Crippen molar-refractivity contribution in [3.8, 4) is 0 Å². The van der Waals surface area contributed by atoms with E-state index in [4.69, 9.17) is 4.98 Å². The molecule has 0 aliphatic heterocycles. The Balaban J connectivity index is 1.77. The standard InChI is InChI=1S/C14H17N3O/c18-7-10-3-4-15-14-12(10)16-13(17-14)11-6-8-1-2-9(11)5-8/h3-4,8-9,11,18H,1-2,5-7H2,(H,15,16,17). The Bertz CT molecular complexity index is 592. The first-order valence-corrected chi connectivity index (χ1v) is 6.79. The smallest absolute Gasteiger partial charge is 0.157 e. The Morgan fingerprint density at radius 2 is 2.28 bits per heavy atom. The summed E-state index contributed by atoms with van der Waals surface area (Å²) in [6.45, 7) is 0.0278. The van der Waals surface area contributed by atoms with Crippen LogP contribution in [0.4, 0.5) is 0 Å². The van der Waals surface area contributed by atoms with Gasteiger partial charge in [-0.25, -0.2) is 9.97 Å². The number of hydrogen-bond acceptors (Lipinski definition) is 3. The fourth-order valence-electron chi connectivity index (χ4n) is 3.86. The van der Waals surface area contributed by atoms with Crippen molar-refractivity contribution in [2.75, 3.05) is 0 Å². The highest BCUT2D eigenvalue weighted by atomic mass is 16.3. The number of hydrogen-bond donors (Lipinski definition) is 2. The molecule has 2 N–H and O–H groups in total. The van der Waals surface area contributed by atoms with Crippen LogP contribution in [0.15, 0.2) is 12.3 Å². The Morgan fingerprint density at radius 1 is 1.33 bits per heavy atom. The van der Waals surface area contributed by atoms with Crippen molar-refractivity contribution in [3.05, 3.63) is 23.7 Å². The summed E-state index contributed by atoms with van der Waals surface area (Å²) in [7, 11) is 0. The van der Waals surface area contributed by atoms with Gasteiger partial charge in [0.25, 0.3) is 0 Å². The molecule has 0 spiro atoms. The van der Waals surface area contributed by atoms with Crippen molar-refractivity contribution in [1.82, 2.24) is 15.0 Å². The molecule has 3 unspecified atom stereocenters. The minimum Gasteiger partial charge on any atom is -0.392 e. The van der Waals surface area contributed by atoms with Gasteiger partial charge in [0.15, 0.2) is 5.65 Å². The molecule has 0 radical (unpaired) electrons. The molecule has 2 aliphatic rings. The number of aliphatic hydroxyl groups is 1. The van der Waals surface area contributed by atoms with Crippen LogP contribution in [-0.4, -0.2) is 20.1 Å². The monoisotopic (exact) mass is 243 g/mol. The van der Waals surface area contributed by atoms with Gasteiger partial charge in [-0.1, -0.05) is 6.42 Å². The first kappa shape index (κ1) is 10.5. The SMILES string of the molecule is OCc1ccnc2[nH]c(C3CC4CCC3C4)nc12. The zero-order chi connectivity index (χ0) is 12.1. The molecule has 2 aromatic rings. The number of nitrogens with zero attached hydrogens (tertiary/aromatic N) is 2. The van der Waals surface area contributed by atoms with E-state index in [2.05, 4.69) is 9.97 Å². The molecule has 2 aliphatic carbocycles. The highest BCUT2D eigenvalue weighted by Gasteiger charge is 2.41. The highest BCUT2D eigenvalue weighted by Crippen LogP contribution is 2.52. The van der Waals surface area contributed by atoms with Gasteiger partial charge in [-0.05, 0) is 37.2 Å². The number of H-pyrrole nitrogens is 1. The lowest BCUT2D eigenvalue weighted by Crippen LogP contribution is -2.09. The lowest BCUT2D eigenvalue weighted by Gasteiger charge is -2.18. The Labute approximate surface area is 105 Å². The van der Waals surface area contributed by atoms with Crippen LogP contribution in [0.25, 0.3) is 11.2 Å². The molecule has 18 heavy (non-hydrogen) atoms. The van der Waals surface area contributed by atoms with Crippen LogP contribution in [-0.2, 0) is 6.61 Å². The highest BCUT2D eigenvalue weighted by molar-refractivity contribution is 5.74. The average molecular weight is 243 g/mol. The predicted octanol–water partition coefficient (Wildman–Crippen LogP) is 2.35. The first-order chi connectivity index (χ1) is 8.85. The van der Waals surface area contributed by atoms with Crippen LogP contribution in [0.3, 0.4) is 0 Å². The first-order valence-electron chi connectivity index (χ1n) is 6.79. The van der Waals surface area contributed by atoms with Gasteiger partial charge >= 0.3 is 0 Å². The normalized spacial score (nSPS) is 30.4. The van der Waals surface area contributed by atoms with Crippen LogP contribution in [0.1, 0.15) is 43.0 Å². The van der Waals surface area contributed by atoms with Crippen LogP contribution in [0.2, 0.25) is 0 Å². The summed E-state index contributed by atoms with van der Waals surface area (Å²) in [5.74, 6) is 3.40. The van der Waals surface area contributed by atoms with Crippen LogP contribution in [0, 0.1) is 11.8 Å². The lowest BCUT2D eigenvalue weighted by molar-refractivity contribution is 0.283. The van der Waals surface area contributed by atoms with Gasteiger partial charge in [0.2, 0.25) is 0 Å². The third-order valence-corrected chi connectivity index (χ3v) is 4.75. The van der Waals surface area contributed by atoms with E-state index in [1.165, 1.54) is 25.7 Å². The minimum atomic E-state index is 0.0278. The van der Waals surface area contributed by atoms with Crippen molar-refractivity contribution in [3.63, 3.8) is 0 Å². The van der Waals surface area contributed by atoms with Crippen LogP contribution in [0.5, 0.6) is 0 Å². The van der Waals surface area contributed by atoms with Crippen molar-refractivity contribution >= 4 is 11.2 Å². The van der Waals surface area contributed by atoms with E-state index >= 15 is 0 Å². The number of pyridine rings is 1. The number of aromatic nitrogens is 3. The molecule has 4 heteroatoms. The molecular weight excluding hydrogens is 226 g/mol. The molecule has 94 valence electrons. The molecule has 0 aromatic carbocycles. The minimum absolute atomic E-state index is 0.0278. The Kier molecular flexibility index (Phi) is 2.21. The molecule has 4 rings (SSSR count). The maximum absolute atomic E-state index is 9.33. The fourth-order valence-corrected chi connectivity index (χ4v) is 3.86. The summed E-state index contributed by atoms with van der Waals surface area (Å²) in [4.78, 5) is 12.4. The van der Waals surface area contributed by atoms with E-state index in [9.17, 15) is 5.11 Å². The molecule has 2 aromatic heterocycles. The van der Waals surface area contributed by atoms with E-state index in [0.29, 0.717) is 5.92 Å². The number of rotatable bonds is 2. The summed E-state index contributed by atoms with van der Waals surface area (Å²) in [6, 6.07) is 1.84. The molecule has 2 saturated carbocycles. The van der Waals surface area contributed by atoms with Gasteiger partial charge in [0.05, 0.1) is 6.61 Å². The van der Waals surface area contributed by atoms with Crippen LogP contribution < -0.4 is 0 Å². The zero-order valence-corrected chi connectivity index (χ0v) is 10.3. The van der Waals surface area contributed by atoms with Gasteiger partial charge < -0.3 is 10.1 Å². The van der Waals surface area contributed by atoms with Crippen molar-refractivity contribution in [2.24, 2.45) is 11.8 Å². The Hall–Kier alpha value is -1.42. The summed E-state index contributed by atoms with van der Waals surface area (Å²) in [5.41, 5.74) is 2.53. The third kappa shape index (κ3) is 1.42. The zero-order valence-electron chi connectivity index (χ0n) is 10.3. The van der Waals surface area contributed by atoms with E-state index in [-0.39, 0.29) is 6.61 Å². The third-order valence-electron chi connectivity index (χ3n) is 4.75. The topological polar surface area (TPSA) is 61.8 Å². The quantitative estimate of drug-likeness (QED) is 0.851. The van der Waals surface area contributed by atoms with Gasteiger partial charge in [0, 0.05) is 17.7 Å². The second-order valence-corrected chi connectivity index (χ2v) is 5.73. The number of nitrogens with one attached hydrogen (secondary N) is 1. The number of imidazole rings is 1. The molecule has 0 saturated heterocycles. The van der Waals surface area contributed by atoms with Gasteiger partial charge in [0.1, 0.15) is 11.3 Å². The summed E-state index contributed by atoms with van der Waals surface area (Å²) >= 11 is 0. The largest absolute Gasteiger partial charge is 0.392 e. The molecule has 2 heterocycles. The van der Waals surface area contributed by atoms with E-state index in [0.717, 1.165) is 34.4 Å². The molecule has 2 fully saturated rings. The lowest BCUT2D eigenvalue weighted by atomic mass is 9.88. The van der Waals surface area contributed by atoms with Crippen molar-refractivity contribution < 1.29 is 5.11 Å². The summed E-state index contributed by atoms with van der Waals surface area (Å²) < 4.78 is 0. The maximum atomic E-state index is 9.33. The van der Waals surface area contributed by atoms with Crippen molar-refractivity contribution in [1.29, 1.82) is 0 Å². The average Bonchev–Trinajstić information content (AvgIpc) is 3.11. The van der Waals surface area contributed by atoms with E-state index in [1.807, 2.05) is 6.07 Å². The van der Waals surface area contributed by atoms with Crippen molar-refractivity contribution in [2.45, 2.75) is 38.2 Å². The number of fused-ring (bicyclic) bond motifs is 3. The molecule has 4 nitrogen and oxygen atoms in total. The second-order valence-electron chi connectivity index (χ2n) is 5.73. The fraction of sp³-hybridized carbons (Fsp3) is 0.571.